The molecule has 0 bridgehead atoms. The van der Waals surface area contributed by atoms with Crippen molar-refractivity contribution in [3.8, 4) is 17.0 Å². The van der Waals surface area contributed by atoms with E-state index in [4.69, 9.17) is 4.74 Å². The van der Waals surface area contributed by atoms with E-state index in [1.165, 1.54) is 0 Å². The summed E-state index contributed by atoms with van der Waals surface area (Å²) in [6, 6.07) is 9.89. The van der Waals surface area contributed by atoms with Gasteiger partial charge in [0.1, 0.15) is 5.75 Å². The lowest BCUT2D eigenvalue weighted by molar-refractivity contribution is 0.0527. The van der Waals surface area contributed by atoms with Gasteiger partial charge < -0.3 is 9.84 Å². The van der Waals surface area contributed by atoms with Crippen molar-refractivity contribution in [3.63, 3.8) is 0 Å². The van der Waals surface area contributed by atoms with Crippen LogP contribution in [-0.4, -0.2) is 22.7 Å². The highest BCUT2D eigenvalue weighted by Gasteiger charge is 2.14. The molecular weight excluding hydrogens is 230 g/mol. The molecule has 0 amide bonds. The Labute approximate surface area is 105 Å². The third-order valence-electron chi connectivity index (χ3n) is 2.44. The van der Waals surface area contributed by atoms with Crippen LogP contribution >= 0.6 is 0 Å². The molecule has 0 radical (unpaired) electrons. The highest BCUT2D eigenvalue weighted by Crippen LogP contribution is 2.23. The molecule has 0 aliphatic heterocycles. The number of ether oxygens (including phenoxy) is 1. The van der Waals surface area contributed by atoms with E-state index in [1.807, 2.05) is 0 Å². The molecule has 0 spiro atoms. The van der Waals surface area contributed by atoms with Crippen molar-refractivity contribution in [1.29, 1.82) is 0 Å². The molecule has 92 valence electrons. The normalized spacial score (nSPS) is 10.1. The van der Waals surface area contributed by atoms with Crippen LogP contribution in [0.4, 0.5) is 0 Å². The Morgan fingerprint density at radius 1 is 1.28 bits per heavy atom. The highest BCUT2D eigenvalue weighted by molar-refractivity contribution is 5.96. The number of pyridine rings is 1. The minimum absolute atomic E-state index is 0.173. The Hall–Kier alpha value is -2.36. The molecule has 1 aromatic heterocycles. The molecule has 0 aliphatic rings. The number of hydrogen-bond donors (Lipinski definition) is 1. The van der Waals surface area contributed by atoms with Gasteiger partial charge in [0, 0.05) is 11.8 Å². The highest BCUT2D eigenvalue weighted by atomic mass is 16.5. The maximum absolute atomic E-state index is 11.8. The number of esters is 1. The summed E-state index contributed by atoms with van der Waals surface area (Å²) < 4.78 is 4.99. The molecule has 1 N–H and O–H groups in total. The minimum Gasteiger partial charge on any atom is -0.508 e. The van der Waals surface area contributed by atoms with Gasteiger partial charge in [0.05, 0.1) is 17.9 Å². The van der Waals surface area contributed by atoms with E-state index in [-0.39, 0.29) is 5.75 Å². The Kier molecular flexibility index (Phi) is 3.57. The molecule has 18 heavy (non-hydrogen) atoms. The second kappa shape index (κ2) is 5.31. The van der Waals surface area contributed by atoms with Crippen LogP contribution in [0.25, 0.3) is 11.3 Å². The van der Waals surface area contributed by atoms with E-state index in [0.717, 1.165) is 5.56 Å². The first kappa shape index (κ1) is 12.1. The van der Waals surface area contributed by atoms with Gasteiger partial charge in [-0.3, -0.25) is 4.98 Å². The zero-order valence-corrected chi connectivity index (χ0v) is 9.96. The predicted molar refractivity (Wildman–Crippen MR) is 67.3 cm³/mol. The maximum atomic E-state index is 11.8. The summed E-state index contributed by atoms with van der Waals surface area (Å²) in [5.41, 5.74) is 1.73. The first-order chi connectivity index (χ1) is 8.72. The number of carbonyl (C=O) groups is 1. The molecule has 2 aromatic rings. The summed E-state index contributed by atoms with van der Waals surface area (Å²) in [4.78, 5) is 16.0. The number of nitrogens with zero attached hydrogens (tertiary/aromatic N) is 1. The molecule has 0 saturated heterocycles. The summed E-state index contributed by atoms with van der Waals surface area (Å²) >= 11 is 0. The fraction of sp³-hybridized carbons (Fsp3) is 0.143. The van der Waals surface area contributed by atoms with E-state index in [9.17, 15) is 9.90 Å². The molecule has 4 nitrogen and oxygen atoms in total. The van der Waals surface area contributed by atoms with Crippen molar-refractivity contribution in [1.82, 2.24) is 4.98 Å². The molecule has 1 aromatic carbocycles. The van der Waals surface area contributed by atoms with Crippen LogP contribution in [0.15, 0.2) is 42.6 Å². The van der Waals surface area contributed by atoms with Crippen LogP contribution in [-0.2, 0) is 4.74 Å². The number of hydrogen-bond acceptors (Lipinski definition) is 4. The van der Waals surface area contributed by atoms with Gasteiger partial charge in [0.15, 0.2) is 0 Å². The molecule has 2 rings (SSSR count). The Morgan fingerprint density at radius 3 is 2.67 bits per heavy atom. The first-order valence-electron chi connectivity index (χ1n) is 5.64. The lowest BCUT2D eigenvalue weighted by Gasteiger charge is -2.07. The molecule has 0 saturated carbocycles. The number of phenols is 1. The second-order valence-corrected chi connectivity index (χ2v) is 3.67. The van der Waals surface area contributed by atoms with Gasteiger partial charge in [-0.15, -0.1) is 0 Å². The largest absolute Gasteiger partial charge is 0.508 e. The minimum atomic E-state index is -0.395. The van der Waals surface area contributed by atoms with Crippen molar-refractivity contribution < 1.29 is 14.6 Å². The molecule has 1 heterocycles. The van der Waals surface area contributed by atoms with E-state index in [0.29, 0.717) is 17.9 Å². The van der Waals surface area contributed by atoms with Crippen LogP contribution in [0.3, 0.4) is 0 Å². The Bertz CT molecular complexity index is 549. The topological polar surface area (TPSA) is 59.4 Å². The number of aromatic nitrogens is 1. The summed E-state index contributed by atoms with van der Waals surface area (Å²) in [6.07, 6.45) is 1.62. The molecule has 4 heteroatoms. The SMILES string of the molecule is CCOC(=O)c1cccnc1-c1ccc(O)cc1. The van der Waals surface area contributed by atoms with Gasteiger partial charge >= 0.3 is 5.97 Å². The fourth-order valence-corrected chi connectivity index (χ4v) is 1.63. The Balaban J connectivity index is 2.44. The fourth-order valence-electron chi connectivity index (χ4n) is 1.63. The monoisotopic (exact) mass is 243 g/mol. The number of benzene rings is 1. The van der Waals surface area contributed by atoms with Gasteiger partial charge in [0.25, 0.3) is 0 Å². The zero-order chi connectivity index (χ0) is 13.0. The summed E-state index contributed by atoms with van der Waals surface area (Å²) in [5.74, 6) is -0.221. The van der Waals surface area contributed by atoms with Gasteiger partial charge in [-0.25, -0.2) is 4.79 Å². The number of carbonyl (C=O) groups excluding carboxylic acids is 1. The first-order valence-corrected chi connectivity index (χ1v) is 5.64. The van der Waals surface area contributed by atoms with Gasteiger partial charge in [-0.2, -0.15) is 0 Å². The third-order valence-corrected chi connectivity index (χ3v) is 2.44. The van der Waals surface area contributed by atoms with E-state index >= 15 is 0 Å². The van der Waals surface area contributed by atoms with Crippen molar-refractivity contribution in [2.75, 3.05) is 6.61 Å². The third kappa shape index (κ3) is 2.48. The van der Waals surface area contributed by atoms with Crippen LogP contribution in [0.1, 0.15) is 17.3 Å². The van der Waals surface area contributed by atoms with Crippen molar-refractivity contribution in [2.45, 2.75) is 6.92 Å². The van der Waals surface area contributed by atoms with E-state index in [2.05, 4.69) is 4.98 Å². The average molecular weight is 243 g/mol. The number of rotatable bonds is 3. The van der Waals surface area contributed by atoms with Crippen LogP contribution < -0.4 is 0 Å². The Morgan fingerprint density at radius 2 is 2.00 bits per heavy atom. The standard InChI is InChI=1S/C14H13NO3/c1-2-18-14(17)12-4-3-9-15-13(12)10-5-7-11(16)8-6-10/h3-9,16H,2H2,1H3. The average Bonchev–Trinajstić information content (AvgIpc) is 2.40. The molecule has 0 unspecified atom stereocenters. The predicted octanol–water partition coefficient (Wildman–Crippen LogP) is 2.63. The smallest absolute Gasteiger partial charge is 0.340 e. The number of phenolic OH excluding ortho intramolecular Hbond substituents is 1. The van der Waals surface area contributed by atoms with Crippen molar-refractivity contribution in [3.05, 3.63) is 48.2 Å². The lowest BCUT2D eigenvalue weighted by Crippen LogP contribution is -2.07. The lowest BCUT2D eigenvalue weighted by atomic mass is 10.1. The summed E-state index contributed by atoms with van der Waals surface area (Å²) in [7, 11) is 0. The second-order valence-electron chi connectivity index (χ2n) is 3.67. The van der Waals surface area contributed by atoms with E-state index < -0.39 is 5.97 Å². The van der Waals surface area contributed by atoms with Crippen LogP contribution in [0.2, 0.25) is 0 Å². The number of aromatic hydroxyl groups is 1. The maximum Gasteiger partial charge on any atom is 0.340 e. The molecule has 0 aliphatic carbocycles. The summed E-state index contributed by atoms with van der Waals surface area (Å²) in [5, 5.41) is 9.25. The molecular formula is C14H13NO3. The van der Waals surface area contributed by atoms with E-state index in [1.54, 1.807) is 49.5 Å². The van der Waals surface area contributed by atoms with Gasteiger partial charge in [-0.05, 0) is 43.3 Å². The quantitative estimate of drug-likeness (QED) is 0.842. The molecule has 0 atom stereocenters. The molecule has 0 fully saturated rings. The zero-order valence-electron chi connectivity index (χ0n) is 9.96. The van der Waals surface area contributed by atoms with Crippen molar-refractivity contribution >= 4 is 5.97 Å². The van der Waals surface area contributed by atoms with Crippen LogP contribution in [0, 0.1) is 0 Å². The van der Waals surface area contributed by atoms with Gasteiger partial charge in [-0.1, -0.05) is 0 Å². The van der Waals surface area contributed by atoms with Crippen LogP contribution in [0.5, 0.6) is 5.75 Å². The van der Waals surface area contributed by atoms with Gasteiger partial charge in [0.2, 0.25) is 0 Å². The summed E-state index contributed by atoms with van der Waals surface area (Å²) in [6.45, 7) is 2.08. The van der Waals surface area contributed by atoms with Crippen molar-refractivity contribution in [2.24, 2.45) is 0 Å².